The van der Waals surface area contributed by atoms with Crippen molar-refractivity contribution in [2.24, 2.45) is 0 Å². The van der Waals surface area contributed by atoms with Crippen LogP contribution in [0, 0.1) is 0 Å². The molecule has 5 N–H and O–H groups in total. The van der Waals surface area contributed by atoms with E-state index in [2.05, 4.69) is 15.6 Å². The fraction of sp³-hybridized carbons (Fsp3) is 0.318. The Labute approximate surface area is 164 Å². The van der Waals surface area contributed by atoms with Gasteiger partial charge in [-0.15, -0.1) is 0 Å². The van der Waals surface area contributed by atoms with Gasteiger partial charge in [0.1, 0.15) is 5.75 Å². The van der Waals surface area contributed by atoms with Gasteiger partial charge in [-0.1, -0.05) is 24.3 Å². The summed E-state index contributed by atoms with van der Waals surface area (Å²) >= 11 is 0. The first-order valence-electron chi connectivity index (χ1n) is 9.58. The molecule has 3 aromatic rings. The molecule has 2 aromatic carbocycles. The molecular formula is C22H27N3O3. The first-order chi connectivity index (χ1) is 13.5. The molecule has 0 bridgehead atoms. The summed E-state index contributed by atoms with van der Waals surface area (Å²) in [7, 11) is 0. The van der Waals surface area contributed by atoms with E-state index in [4.69, 9.17) is 0 Å². The zero-order valence-corrected chi connectivity index (χ0v) is 16.2. The Morgan fingerprint density at radius 3 is 2.64 bits per heavy atom. The van der Waals surface area contributed by atoms with Crippen LogP contribution in [0.15, 0.2) is 48.7 Å². The molecule has 0 aliphatic carbocycles. The summed E-state index contributed by atoms with van der Waals surface area (Å²) in [6.07, 6.45) is 2.05. The van der Waals surface area contributed by atoms with E-state index in [0.29, 0.717) is 18.7 Å². The van der Waals surface area contributed by atoms with Crippen LogP contribution in [0.4, 0.5) is 0 Å². The molecule has 6 heteroatoms. The van der Waals surface area contributed by atoms with E-state index in [9.17, 15) is 15.0 Å². The van der Waals surface area contributed by atoms with E-state index in [-0.39, 0.29) is 17.7 Å². The average molecular weight is 381 g/mol. The summed E-state index contributed by atoms with van der Waals surface area (Å²) in [6.45, 7) is 5.11. The minimum absolute atomic E-state index is 0.0785. The molecule has 148 valence electrons. The van der Waals surface area contributed by atoms with Crippen molar-refractivity contribution in [2.45, 2.75) is 32.4 Å². The molecule has 0 saturated carbocycles. The fourth-order valence-electron chi connectivity index (χ4n) is 3.37. The number of aliphatic hydroxyl groups is 1. The molecule has 0 radical (unpaired) electrons. The maximum absolute atomic E-state index is 12.2. The third kappa shape index (κ3) is 4.35. The van der Waals surface area contributed by atoms with E-state index < -0.39 is 6.10 Å². The molecule has 1 aromatic heterocycles. The van der Waals surface area contributed by atoms with Crippen LogP contribution >= 0.6 is 0 Å². The van der Waals surface area contributed by atoms with Crippen molar-refractivity contribution in [3.8, 4) is 5.75 Å². The van der Waals surface area contributed by atoms with Crippen LogP contribution in [0.5, 0.6) is 5.75 Å². The predicted octanol–water partition coefficient (Wildman–Crippen LogP) is 2.88. The van der Waals surface area contributed by atoms with Crippen LogP contribution in [-0.2, 0) is 6.42 Å². The molecule has 0 aliphatic rings. The summed E-state index contributed by atoms with van der Waals surface area (Å²) in [5.74, 6) is 0.105. The largest absolute Gasteiger partial charge is 0.508 e. The molecule has 0 saturated heterocycles. The smallest absolute Gasteiger partial charge is 0.253 e. The number of nitrogens with one attached hydrogen (secondary N) is 3. The molecule has 0 fully saturated rings. The second-order valence-electron chi connectivity index (χ2n) is 6.93. The van der Waals surface area contributed by atoms with Crippen molar-refractivity contribution in [3.63, 3.8) is 0 Å². The van der Waals surface area contributed by atoms with Crippen molar-refractivity contribution >= 4 is 16.8 Å². The van der Waals surface area contributed by atoms with Gasteiger partial charge in [0, 0.05) is 24.2 Å². The SMILES string of the molecule is CCNC(=O)c1cccc2c(CCN[C@@H](C)[C@@H](O)c3ccc(O)cc3)c[nH]c12. The summed E-state index contributed by atoms with van der Waals surface area (Å²) < 4.78 is 0. The Bertz CT molecular complexity index is 934. The van der Waals surface area contributed by atoms with E-state index in [0.717, 1.165) is 28.5 Å². The lowest BCUT2D eigenvalue weighted by atomic mass is 10.0. The Morgan fingerprint density at radius 1 is 1.18 bits per heavy atom. The number of aliphatic hydroxyl groups excluding tert-OH is 1. The average Bonchev–Trinajstić information content (AvgIpc) is 3.11. The number of aromatic amines is 1. The van der Waals surface area contributed by atoms with Crippen molar-refractivity contribution < 1.29 is 15.0 Å². The van der Waals surface area contributed by atoms with Gasteiger partial charge in [0.2, 0.25) is 0 Å². The monoisotopic (exact) mass is 381 g/mol. The number of carbonyl (C=O) groups excluding carboxylic acids is 1. The molecule has 3 rings (SSSR count). The van der Waals surface area contributed by atoms with Gasteiger partial charge in [-0.2, -0.15) is 0 Å². The van der Waals surface area contributed by atoms with Gasteiger partial charge in [-0.3, -0.25) is 4.79 Å². The van der Waals surface area contributed by atoms with Crippen molar-refractivity contribution in [3.05, 3.63) is 65.4 Å². The molecule has 2 atom stereocenters. The number of aromatic hydroxyl groups is 1. The highest BCUT2D eigenvalue weighted by atomic mass is 16.3. The van der Waals surface area contributed by atoms with Gasteiger partial charge in [0.15, 0.2) is 0 Å². The van der Waals surface area contributed by atoms with E-state index in [1.165, 1.54) is 0 Å². The molecule has 0 spiro atoms. The van der Waals surface area contributed by atoms with Crippen LogP contribution in [-0.4, -0.2) is 40.2 Å². The van der Waals surface area contributed by atoms with E-state index in [1.807, 2.05) is 38.2 Å². The second kappa shape index (κ2) is 8.91. The van der Waals surface area contributed by atoms with Crippen LogP contribution in [0.2, 0.25) is 0 Å². The molecule has 0 unspecified atom stereocenters. The number of phenolic OH excluding ortho intramolecular Hbond substituents is 1. The highest BCUT2D eigenvalue weighted by Crippen LogP contribution is 2.23. The lowest BCUT2D eigenvalue weighted by molar-refractivity contribution is 0.0957. The lowest BCUT2D eigenvalue weighted by Crippen LogP contribution is -2.33. The molecule has 1 heterocycles. The highest BCUT2D eigenvalue weighted by molar-refractivity contribution is 6.06. The molecular weight excluding hydrogens is 354 g/mol. The lowest BCUT2D eigenvalue weighted by Gasteiger charge is -2.20. The third-order valence-electron chi connectivity index (χ3n) is 4.95. The van der Waals surface area contributed by atoms with Gasteiger partial charge >= 0.3 is 0 Å². The number of rotatable bonds is 8. The summed E-state index contributed by atoms with van der Waals surface area (Å²) in [6, 6.07) is 12.2. The number of fused-ring (bicyclic) bond motifs is 1. The fourth-order valence-corrected chi connectivity index (χ4v) is 3.37. The number of aromatic nitrogens is 1. The molecule has 1 amide bonds. The van der Waals surface area contributed by atoms with Crippen molar-refractivity contribution in [1.29, 1.82) is 0 Å². The number of carbonyl (C=O) groups is 1. The normalized spacial score (nSPS) is 13.4. The number of para-hydroxylation sites is 1. The number of H-pyrrole nitrogens is 1. The topological polar surface area (TPSA) is 97.4 Å². The number of hydrogen-bond donors (Lipinski definition) is 5. The first-order valence-corrected chi connectivity index (χ1v) is 9.58. The van der Waals surface area contributed by atoms with Crippen LogP contribution in [0.1, 0.15) is 41.4 Å². The van der Waals surface area contributed by atoms with Crippen LogP contribution < -0.4 is 10.6 Å². The number of benzene rings is 2. The summed E-state index contributed by atoms with van der Waals surface area (Å²) in [5.41, 5.74) is 3.38. The minimum Gasteiger partial charge on any atom is -0.508 e. The highest BCUT2D eigenvalue weighted by Gasteiger charge is 2.16. The van der Waals surface area contributed by atoms with Crippen LogP contribution in [0.25, 0.3) is 10.9 Å². The summed E-state index contributed by atoms with van der Waals surface area (Å²) in [4.78, 5) is 15.4. The Hall–Kier alpha value is -2.83. The number of amides is 1. The number of phenols is 1. The van der Waals surface area contributed by atoms with Crippen molar-refractivity contribution in [2.75, 3.05) is 13.1 Å². The van der Waals surface area contributed by atoms with E-state index in [1.54, 1.807) is 24.3 Å². The standard InChI is InChI=1S/C22H27N3O3/c1-3-23-22(28)19-6-4-5-18-16(13-25-20(18)19)11-12-24-14(2)21(27)15-7-9-17(26)10-8-15/h4-10,13-14,21,24-27H,3,11-12H2,1-2H3,(H,23,28)/t14-,21+/m0/s1. The zero-order chi connectivity index (χ0) is 20.1. The molecule has 0 aliphatic heterocycles. The quantitative estimate of drug-likeness (QED) is 0.414. The Balaban J connectivity index is 1.63. The number of hydrogen-bond acceptors (Lipinski definition) is 4. The molecule has 6 nitrogen and oxygen atoms in total. The maximum atomic E-state index is 12.2. The maximum Gasteiger partial charge on any atom is 0.253 e. The minimum atomic E-state index is -0.659. The van der Waals surface area contributed by atoms with Crippen molar-refractivity contribution in [1.82, 2.24) is 15.6 Å². The first kappa shape index (κ1) is 19.9. The van der Waals surface area contributed by atoms with E-state index >= 15 is 0 Å². The van der Waals surface area contributed by atoms with Gasteiger partial charge in [0.05, 0.1) is 17.2 Å². The Morgan fingerprint density at radius 2 is 1.93 bits per heavy atom. The van der Waals surface area contributed by atoms with Crippen LogP contribution in [0.3, 0.4) is 0 Å². The Kier molecular flexibility index (Phi) is 6.34. The van der Waals surface area contributed by atoms with Gasteiger partial charge in [-0.05, 0) is 56.1 Å². The summed E-state index contributed by atoms with van der Waals surface area (Å²) in [5, 5.41) is 27.1. The van der Waals surface area contributed by atoms with Gasteiger partial charge in [-0.25, -0.2) is 0 Å². The second-order valence-corrected chi connectivity index (χ2v) is 6.93. The van der Waals surface area contributed by atoms with Gasteiger partial charge in [0.25, 0.3) is 5.91 Å². The predicted molar refractivity (Wildman–Crippen MR) is 111 cm³/mol. The van der Waals surface area contributed by atoms with Gasteiger partial charge < -0.3 is 25.8 Å². The third-order valence-corrected chi connectivity index (χ3v) is 4.95. The zero-order valence-electron chi connectivity index (χ0n) is 16.2. The molecule has 28 heavy (non-hydrogen) atoms.